The van der Waals surface area contributed by atoms with E-state index in [1.807, 2.05) is 0 Å². The van der Waals surface area contributed by atoms with E-state index in [1.54, 1.807) is 0 Å². The topological polar surface area (TPSA) is 63.6 Å². The first-order chi connectivity index (χ1) is 9.05. The second-order valence-electron chi connectivity index (χ2n) is 4.04. The quantitative estimate of drug-likeness (QED) is 0.670. The van der Waals surface area contributed by atoms with E-state index < -0.39 is 30.4 Å². The molecule has 1 N–H and O–H groups in total. The maximum Gasteiger partial charge on any atom is 0.404 e. The summed E-state index contributed by atoms with van der Waals surface area (Å²) in [5.74, 6) is -13.0. The lowest BCUT2D eigenvalue weighted by atomic mass is 10.1. The number of rotatable bonds is 5. The molecule has 0 fully saturated rings. The Balaban J connectivity index is 2.68. The molecule has 0 aliphatic heterocycles. The molecule has 0 amide bonds. The van der Waals surface area contributed by atoms with E-state index in [4.69, 9.17) is 5.11 Å². The van der Waals surface area contributed by atoms with Gasteiger partial charge in [0.25, 0.3) is 0 Å². The molecule has 0 aromatic heterocycles. The Morgan fingerprint density at radius 2 is 1.65 bits per heavy atom. The number of hydrogen-bond donors (Lipinski definition) is 1. The average molecular weight is 294 g/mol. The van der Waals surface area contributed by atoms with Crippen LogP contribution in [0.5, 0.6) is 0 Å². The molecular weight excluding hydrogens is 284 g/mol. The van der Waals surface area contributed by atoms with E-state index in [0.717, 1.165) is 12.1 Å². The summed E-state index contributed by atoms with van der Waals surface area (Å²) in [6, 6.07) is 4.77. The van der Waals surface area contributed by atoms with Gasteiger partial charge in [0.15, 0.2) is 0 Å². The minimum atomic E-state index is -4.92. The molecule has 0 heterocycles. The molecule has 20 heavy (non-hydrogen) atoms. The molecule has 1 rings (SSSR count). The van der Waals surface area contributed by atoms with Crippen molar-refractivity contribution in [2.24, 2.45) is 0 Å². The van der Waals surface area contributed by atoms with Gasteiger partial charge in [-0.05, 0) is 17.7 Å². The van der Waals surface area contributed by atoms with Gasteiger partial charge in [0.2, 0.25) is 0 Å². The van der Waals surface area contributed by atoms with Gasteiger partial charge >= 0.3 is 23.8 Å². The van der Waals surface area contributed by atoms with E-state index >= 15 is 0 Å². The van der Waals surface area contributed by atoms with Crippen LogP contribution in [0.15, 0.2) is 24.3 Å². The molecule has 0 atom stereocenters. The predicted molar refractivity (Wildman–Crippen MR) is 58.8 cm³/mol. The number of carbonyl (C=O) groups is 2. The van der Waals surface area contributed by atoms with Crippen LogP contribution >= 0.6 is 0 Å². The van der Waals surface area contributed by atoms with Gasteiger partial charge in [-0.3, -0.25) is 0 Å². The highest BCUT2D eigenvalue weighted by atomic mass is 19.3. The zero-order valence-electron chi connectivity index (χ0n) is 10.2. The summed E-state index contributed by atoms with van der Waals surface area (Å²) < 4.78 is 54.9. The smallest absolute Gasteiger partial charge is 0.404 e. The number of alkyl halides is 4. The largest absolute Gasteiger partial charge is 0.478 e. The van der Waals surface area contributed by atoms with Gasteiger partial charge in [-0.15, -0.1) is 0 Å². The molecule has 4 nitrogen and oxygen atoms in total. The van der Waals surface area contributed by atoms with Crippen LogP contribution in [-0.2, 0) is 16.1 Å². The lowest BCUT2D eigenvalue weighted by Crippen LogP contribution is -2.45. The van der Waals surface area contributed by atoms with Crippen molar-refractivity contribution in [1.29, 1.82) is 0 Å². The first-order valence-electron chi connectivity index (χ1n) is 5.31. The van der Waals surface area contributed by atoms with Crippen molar-refractivity contribution in [3.63, 3.8) is 0 Å². The van der Waals surface area contributed by atoms with Crippen LogP contribution in [0.4, 0.5) is 17.6 Å². The van der Waals surface area contributed by atoms with Gasteiger partial charge in [0, 0.05) is 6.92 Å². The van der Waals surface area contributed by atoms with Crippen molar-refractivity contribution in [2.45, 2.75) is 25.4 Å². The Kier molecular flexibility index (Phi) is 4.36. The minimum Gasteiger partial charge on any atom is -0.478 e. The van der Waals surface area contributed by atoms with Crippen molar-refractivity contribution in [3.8, 4) is 0 Å². The van der Waals surface area contributed by atoms with Crippen molar-refractivity contribution >= 4 is 11.9 Å². The molecule has 0 saturated heterocycles. The molecule has 0 radical (unpaired) electrons. The Labute approximate surface area is 111 Å². The molecule has 0 spiro atoms. The van der Waals surface area contributed by atoms with Crippen molar-refractivity contribution in [3.05, 3.63) is 35.4 Å². The number of carbonyl (C=O) groups excluding carboxylic acids is 1. The average Bonchev–Trinajstić information content (AvgIpc) is 2.34. The summed E-state index contributed by atoms with van der Waals surface area (Å²) >= 11 is 0. The standard InChI is InChI=1S/C12H10F4O4/c1-11(13,14)12(15,16)10(19)20-6-7-2-4-8(5-3-7)9(17)18/h2-5H,6H2,1H3,(H,17,18). The first kappa shape index (κ1) is 15.9. The molecule has 1 aromatic rings. The lowest BCUT2D eigenvalue weighted by molar-refractivity contribution is -0.223. The fraction of sp³-hybridized carbons (Fsp3) is 0.333. The summed E-state index contributed by atoms with van der Waals surface area (Å²) in [7, 11) is 0. The van der Waals surface area contributed by atoms with Crippen LogP contribution in [0, 0.1) is 0 Å². The van der Waals surface area contributed by atoms with Gasteiger partial charge in [0.1, 0.15) is 6.61 Å². The summed E-state index contributed by atoms with van der Waals surface area (Å²) in [4.78, 5) is 21.5. The number of aromatic carboxylic acids is 1. The van der Waals surface area contributed by atoms with Gasteiger partial charge in [-0.1, -0.05) is 12.1 Å². The molecule has 8 heteroatoms. The van der Waals surface area contributed by atoms with Gasteiger partial charge in [-0.2, -0.15) is 17.6 Å². The molecule has 0 aliphatic carbocycles. The molecule has 0 aliphatic rings. The van der Waals surface area contributed by atoms with E-state index in [2.05, 4.69) is 4.74 Å². The van der Waals surface area contributed by atoms with Gasteiger partial charge < -0.3 is 9.84 Å². The molecule has 0 bridgehead atoms. The number of ether oxygens (including phenoxy) is 1. The third kappa shape index (κ3) is 3.46. The number of esters is 1. The number of hydrogen-bond acceptors (Lipinski definition) is 3. The van der Waals surface area contributed by atoms with E-state index in [9.17, 15) is 27.2 Å². The Bertz CT molecular complexity index is 505. The van der Waals surface area contributed by atoms with Crippen molar-refractivity contribution in [1.82, 2.24) is 0 Å². The summed E-state index contributed by atoms with van der Waals surface area (Å²) in [5, 5.41) is 8.62. The van der Waals surface area contributed by atoms with Crippen LogP contribution in [0.1, 0.15) is 22.8 Å². The zero-order valence-corrected chi connectivity index (χ0v) is 10.2. The number of halogens is 4. The Morgan fingerprint density at radius 1 is 1.15 bits per heavy atom. The van der Waals surface area contributed by atoms with E-state index in [1.165, 1.54) is 12.1 Å². The summed E-state index contributed by atoms with van der Waals surface area (Å²) in [6.07, 6.45) is 0. The van der Waals surface area contributed by atoms with Crippen LogP contribution < -0.4 is 0 Å². The third-order valence-electron chi connectivity index (χ3n) is 2.38. The number of carboxylic acid groups (broad SMARTS) is 1. The minimum absolute atomic E-state index is 0.0505. The van der Waals surface area contributed by atoms with Gasteiger partial charge in [0.05, 0.1) is 5.56 Å². The van der Waals surface area contributed by atoms with Crippen LogP contribution in [0.25, 0.3) is 0 Å². The number of benzene rings is 1. The van der Waals surface area contributed by atoms with Crippen molar-refractivity contribution < 1.29 is 37.0 Å². The second kappa shape index (κ2) is 5.48. The zero-order chi connectivity index (χ0) is 15.6. The first-order valence-corrected chi connectivity index (χ1v) is 5.31. The van der Waals surface area contributed by atoms with E-state index in [0.29, 0.717) is 0 Å². The monoisotopic (exact) mass is 294 g/mol. The highest BCUT2D eigenvalue weighted by Crippen LogP contribution is 2.34. The van der Waals surface area contributed by atoms with Crippen molar-refractivity contribution in [2.75, 3.05) is 0 Å². The Morgan fingerprint density at radius 3 is 2.05 bits per heavy atom. The molecule has 0 saturated carbocycles. The number of carboxylic acids is 1. The fourth-order valence-corrected chi connectivity index (χ4v) is 1.16. The second-order valence-corrected chi connectivity index (χ2v) is 4.04. The van der Waals surface area contributed by atoms with Crippen LogP contribution in [0.3, 0.4) is 0 Å². The van der Waals surface area contributed by atoms with Gasteiger partial charge in [-0.25, -0.2) is 9.59 Å². The van der Waals surface area contributed by atoms with E-state index in [-0.39, 0.29) is 18.1 Å². The molecular formula is C12H10F4O4. The van der Waals surface area contributed by atoms with Crippen LogP contribution in [0.2, 0.25) is 0 Å². The molecule has 1 aromatic carbocycles. The van der Waals surface area contributed by atoms with Crippen LogP contribution in [-0.4, -0.2) is 28.9 Å². The fourth-order valence-electron chi connectivity index (χ4n) is 1.16. The SMILES string of the molecule is CC(F)(F)C(F)(F)C(=O)OCc1ccc(C(=O)O)cc1. The normalized spacial score (nSPS) is 12.1. The summed E-state index contributed by atoms with van der Waals surface area (Å²) in [6.45, 7) is -0.750. The highest BCUT2D eigenvalue weighted by Gasteiger charge is 2.60. The molecule has 0 unspecified atom stereocenters. The summed E-state index contributed by atoms with van der Waals surface area (Å²) in [5.41, 5.74) is 0.143. The maximum absolute atomic E-state index is 12.9. The molecule has 110 valence electrons. The predicted octanol–water partition coefficient (Wildman–Crippen LogP) is 2.72. The maximum atomic E-state index is 12.9. The highest BCUT2D eigenvalue weighted by molar-refractivity contribution is 5.87. The Hall–Kier alpha value is -2.12. The third-order valence-corrected chi connectivity index (χ3v) is 2.38. The lowest BCUT2D eigenvalue weighted by Gasteiger charge is -2.20.